The highest BCUT2D eigenvalue weighted by Crippen LogP contribution is 2.10. The van der Waals surface area contributed by atoms with E-state index in [2.05, 4.69) is 15.5 Å². The maximum absolute atomic E-state index is 10.6. The molecule has 76 valence electrons. The van der Waals surface area contributed by atoms with Crippen molar-refractivity contribution in [3.8, 4) is 0 Å². The number of aldehydes is 1. The van der Waals surface area contributed by atoms with E-state index in [-0.39, 0.29) is 0 Å². The van der Waals surface area contributed by atoms with Crippen LogP contribution >= 0.6 is 0 Å². The van der Waals surface area contributed by atoms with E-state index >= 15 is 0 Å². The summed E-state index contributed by atoms with van der Waals surface area (Å²) in [6.45, 7) is 0.682. The molecule has 0 aliphatic rings. The van der Waals surface area contributed by atoms with Crippen molar-refractivity contribution in [3.63, 3.8) is 0 Å². The Morgan fingerprint density at radius 2 is 2.13 bits per heavy atom. The topological polar surface area (TPSA) is 57.8 Å². The summed E-state index contributed by atoms with van der Waals surface area (Å²) in [5.41, 5.74) is 2.37. The number of nitrogens with zero attached hydrogens (tertiary/aromatic N) is 1. The number of hydrogen-bond donors (Lipinski definition) is 2. The Labute approximate surface area is 87.3 Å². The Bertz CT molecular complexity index is 436. The third kappa shape index (κ3) is 2.22. The van der Waals surface area contributed by atoms with Crippen LogP contribution in [0.25, 0.3) is 0 Å². The molecule has 15 heavy (non-hydrogen) atoms. The van der Waals surface area contributed by atoms with Crippen LogP contribution in [0.2, 0.25) is 0 Å². The molecule has 0 radical (unpaired) electrons. The molecule has 0 saturated heterocycles. The van der Waals surface area contributed by atoms with Gasteiger partial charge in [0.25, 0.3) is 0 Å². The highest BCUT2D eigenvalue weighted by Gasteiger charge is 2.02. The molecule has 2 N–H and O–H groups in total. The van der Waals surface area contributed by atoms with Crippen molar-refractivity contribution in [3.05, 3.63) is 47.8 Å². The first-order valence-corrected chi connectivity index (χ1v) is 4.66. The van der Waals surface area contributed by atoms with Crippen LogP contribution < -0.4 is 5.32 Å². The molecule has 0 aliphatic carbocycles. The van der Waals surface area contributed by atoms with Gasteiger partial charge in [0.1, 0.15) is 5.69 Å². The van der Waals surface area contributed by atoms with Crippen LogP contribution in [0.15, 0.2) is 36.5 Å². The van der Waals surface area contributed by atoms with Crippen molar-refractivity contribution in [1.82, 2.24) is 10.2 Å². The highest BCUT2D eigenvalue weighted by atomic mass is 16.1. The van der Waals surface area contributed by atoms with Crippen LogP contribution in [-0.4, -0.2) is 16.5 Å². The van der Waals surface area contributed by atoms with Crippen LogP contribution in [-0.2, 0) is 6.54 Å². The summed E-state index contributed by atoms with van der Waals surface area (Å²) < 4.78 is 0. The lowest BCUT2D eigenvalue weighted by Gasteiger charge is -2.03. The summed E-state index contributed by atoms with van der Waals surface area (Å²) in [4.78, 5) is 10.6. The van der Waals surface area contributed by atoms with Crippen molar-refractivity contribution in [2.75, 3.05) is 5.32 Å². The molecule has 0 saturated carbocycles. The number of aromatic nitrogens is 2. The minimum absolute atomic E-state index is 0.478. The summed E-state index contributed by atoms with van der Waals surface area (Å²) >= 11 is 0. The number of anilines is 1. The van der Waals surface area contributed by atoms with Crippen LogP contribution in [0.5, 0.6) is 0 Å². The van der Waals surface area contributed by atoms with E-state index in [0.29, 0.717) is 12.2 Å². The highest BCUT2D eigenvalue weighted by molar-refractivity contribution is 5.80. The first kappa shape index (κ1) is 9.45. The molecule has 1 aromatic heterocycles. The van der Waals surface area contributed by atoms with Crippen molar-refractivity contribution >= 4 is 12.0 Å². The second-order valence-corrected chi connectivity index (χ2v) is 3.15. The molecule has 0 bridgehead atoms. The Morgan fingerprint density at radius 1 is 1.33 bits per heavy atom. The van der Waals surface area contributed by atoms with Crippen molar-refractivity contribution in [2.45, 2.75) is 6.54 Å². The summed E-state index contributed by atoms with van der Waals surface area (Å²) in [6, 6.07) is 9.97. The Kier molecular flexibility index (Phi) is 2.78. The fourth-order valence-electron chi connectivity index (χ4n) is 1.32. The zero-order valence-electron chi connectivity index (χ0n) is 8.10. The predicted molar refractivity (Wildman–Crippen MR) is 57.7 cm³/mol. The molecule has 2 rings (SSSR count). The summed E-state index contributed by atoms with van der Waals surface area (Å²) in [5, 5.41) is 9.53. The summed E-state index contributed by atoms with van der Waals surface area (Å²) in [7, 11) is 0. The van der Waals surface area contributed by atoms with E-state index in [1.165, 1.54) is 0 Å². The quantitative estimate of drug-likeness (QED) is 0.742. The fourth-order valence-corrected chi connectivity index (χ4v) is 1.32. The lowest BCUT2D eigenvalue weighted by molar-refractivity contribution is 0.111. The average Bonchev–Trinajstić information content (AvgIpc) is 2.75. The Hall–Kier alpha value is -2.10. The SMILES string of the molecule is O=Cc1[nH]ncc1NCc1ccccc1. The van der Waals surface area contributed by atoms with Gasteiger partial charge in [0.15, 0.2) is 6.29 Å². The normalized spacial score (nSPS) is 9.87. The van der Waals surface area contributed by atoms with E-state index < -0.39 is 0 Å². The van der Waals surface area contributed by atoms with Gasteiger partial charge in [0.05, 0.1) is 11.9 Å². The van der Waals surface area contributed by atoms with Crippen molar-refractivity contribution in [1.29, 1.82) is 0 Å². The number of carbonyl (C=O) groups is 1. The number of benzene rings is 1. The second kappa shape index (κ2) is 4.41. The van der Waals surface area contributed by atoms with Crippen LogP contribution in [0.1, 0.15) is 16.1 Å². The molecule has 1 aromatic carbocycles. The van der Waals surface area contributed by atoms with Gasteiger partial charge in [-0.25, -0.2) is 0 Å². The molecular weight excluding hydrogens is 190 g/mol. The lowest BCUT2D eigenvalue weighted by Crippen LogP contribution is -2.00. The van der Waals surface area contributed by atoms with Gasteiger partial charge >= 0.3 is 0 Å². The van der Waals surface area contributed by atoms with Gasteiger partial charge < -0.3 is 5.32 Å². The van der Waals surface area contributed by atoms with Gasteiger partial charge in [0, 0.05) is 6.54 Å². The predicted octanol–water partition coefficient (Wildman–Crippen LogP) is 1.83. The molecule has 0 spiro atoms. The summed E-state index contributed by atoms with van der Waals surface area (Å²) in [5.74, 6) is 0. The molecule has 4 heteroatoms. The van der Waals surface area contributed by atoms with Crippen LogP contribution in [0, 0.1) is 0 Å². The first-order chi connectivity index (χ1) is 7.40. The number of H-pyrrole nitrogens is 1. The van der Waals surface area contributed by atoms with Gasteiger partial charge in [-0.05, 0) is 5.56 Å². The first-order valence-electron chi connectivity index (χ1n) is 4.66. The molecule has 1 heterocycles. The minimum Gasteiger partial charge on any atom is -0.378 e. The van der Waals surface area contributed by atoms with Gasteiger partial charge in [-0.2, -0.15) is 5.10 Å². The average molecular weight is 201 g/mol. The van der Waals surface area contributed by atoms with Gasteiger partial charge in [-0.3, -0.25) is 9.89 Å². The van der Waals surface area contributed by atoms with E-state index in [1.54, 1.807) is 6.20 Å². The molecule has 0 atom stereocenters. The van der Waals surface area contributed by atoms with E-state index in [9.17, 15) is 4.79 Å². The van der Waals surface area contributed by atoms with Gasteiger partial charge in [-0.1, -0.05) is 30.3 Å². The smallest absolute Gasteiger partial charge is 0.169 e. The molecule has 0 aliphatic heterocycles. The number of carbonyl (C=O) groups excluding carboxylic acids is 1. The second-order valence-electron chi connectivity index (χ2n) is 3.15. The Morgan fingerprint density at radius 3 is 2.87 bits per heavy atom. The van der Waals surface area contributed by atoms with Gasteiger partial charge in [-0.15, -0.1) is 0 Å². The maximum Gasteiger partial charge on any atom is 0.169 e. The third-order valence-corrected chi connectivity index (χ3v) is 2.11. The van der Waals surface area contributed by atoms with Crippen molar-refractivity contribution < 1.29 is 4.79 Å². The zero-order valence-corrected chi connectivity index (χ0v) is 8.10. The molecule has 0 amide bonds. The minimum atomic E-state index is 0.478. The summed E-state index contributed by atoms with van der Waals surface area (Å²) in [6.07, 6.45) is 2.35. The molecular formula is C11H11N3O. The van der Waals surface area contributed by atoms with Gasteiger partial charge in [0.2, 0.25) is 0 Å². The van der Waals surface area contributed by atoms with Crippen molar-refractivity contribution in [2.24, 2.45) is 0 Å². The number of hydrogen-bond acceptors (Lipinski definition) is 3. The maximum atomic E-state index is 10.6. The number of aromatic amines is 1. The number of rotatable bonds is 4. The molecule has 4 nitrogen and oxygen atoms in total. The van der Waals surface area contributed by atoms with E-state index in [0.717, 1.165) is 17.5 Å². The molecule has 2 aromatic rings. The largest absolute Gasteiger partial charge is 0.378 e. The van der Waals surface area contributed by atoms with Crippen LogP contribution in [0.4, 0.5) is 5.69 Å². The monoisotopic (exact) mass is 201 g/mol. The fraction of sp³-hybridized carbons (Fsp3) is 0.0909. The third-order valence-electron chi connectivity index (χ3n) is 2.11. The zero-order chi connectivity index (χ0) is 10.5. The number of nitrogens with one attached hydrogen (secondary N) is 2. The van der Waals surface area contributed by atoms with E-state index in [4.69, 9.17) is 0 Å². The Balaban J connectivity index is 2.02. The standard InChI is InChI=1S/C11H11N3O/c15-8-11-10(7-13-14-11)12-6-9-4-2-1-3-5-9/h1-5,7-8,12H,6H2,(H,13,14). The lowest BCUT2D eigenvalue weighted by atomic mass is 10.2. The molecule has 0 fully saturated rings. The van der Waals surface area contributed by atoms with E-state index in [1.807, 2.05) is 30.3 Å². The molecule has 0 unspecified atom stereocenters. The van der Waals surface area contributed by atoms with Crippen LogP contribution in [0.3, 0.4) is 0 Å².